The molecule has 140 valence electrons. The van der Waals surface area contributed by atoms with Crippen LogP contribution in [0.1, 0.15) is 35.5 Å². The van der Waals surface area contributed by atoms with Crippen LogP contribution in [0.4, 0.5) is 15.8 Å². The zero-order valence-electron chi connectivity index (χ0n) is 16.0. The summed E-state index contributed by atoms with van der Waals surface area (Å²) in [5.74, 6) is -0.422. The van der Waals surface area contributed by atoms with Crippen molar-refractivity contribution in [1.29, 1.82) is 0 Å². The standard InChI is InChI=1S/C21H23FN4O/c1-5-26(6-2)21(27)17-12-23-20-16(10-8-14(4)24-20)19(17)25-15-9-7-13(3)18(22)11-15/h7-12H,5-6H2,1-4H3,(H,23,24,25). The van der Waals surface area contributed by atoms with Crippen LogP contribution in [0.5, 0.6) is 0 Å². The fraction of sp³-hybridized carbons (Fsp3) is 0.286. The first-order valence-corrected chi connectivity index (χ1v) is 9.03. The number of hydrogen-bond donors (Lipinski definition) is 1. The molecule has 0 spiro atoms. The normalized spacial score (nSPS) is 10.9. The van der Waals surface area contributed by atoms with Gasteiger partial charge in [-0.15, -0.1) is 0 Å². The highest BCUT2D eigenvalue weighted by Gasteiger charge is 2.20. The summed E-state index contributed by atoms with van der Waals surface area (Å²) < 4.78 is 14.0. The van der Waals surface area contributed by atoms with E-state index in [1.54, 1.807) is 30.2 Å². The summed E-state index contributed by atoms with van der Waals surface area (Å²) in [6, 6.07) is 8.68. The third-order valence-electron chi connectivity index (χ3n) is 4.59. The number of rotatable bonds is 5. The van der Waals surface area contributed by atoms with E-state index in [1.807, 2.05) is 32.9 Å². The SMILES string of the molecule is CCN(CC)C(=O)c1cnc2nc(C)ccc2c1Nc1ccc(C)c(F)c1. The minimum Gasteiger partial charge on any atom is -0.354 e. The molecule has 0 saturated heterocycles. The van der Waals surface area contributed by atoms with Crippen LogP contribution < -0.4 is 5.32 Å². The van der Waals surface area contributed by atoms with Gasteiger partial charge in [-0.25, -0.2) is 14.4 Å². The summed E-state index contributed by atoms with van der Waals surface area (Å²) in [7, 11) is 0. The average Bonchev–Trinajstić information content (AvgIpc) is 2.65. The van der Waals surface area contributed by atoms with E-state index in [4.69, 9.17) is 0 Å². The minimum atomic E-state index is -0.302. The lowest BCUT2D eigenvalue weighted by Crippen LogP contribution is -2.31. The maximum Gasteiger partial charge on any atom is 0.257 e. The van der Waals surface area contributed by atoms with E-state index >= 15 is 0 Å². The molecule has 1 N–H and O–H groups in total. The number of amides is 1. The van der Waals surface area contributed by atoms with Crippen molar-refractivity contribution in [2.24, 2.45) is 0 Å². The first kappa shape index (κ1) is 18.8. The molecule has 3 rings (SSSR count). The highest BCUT2D eigenvalue weighted by atomic mass is 19.1. The number of nitrogens with zero attached hydrogens (tertiary/aromatic N) is 3. The Labute approximate surface area is 158 Å². The molecule has 0 aliphatic rings. The monoisotopic (exact) mass is 366 g/mol. The minimum absolute atomic E-state index is 0.120. The molecule has 2 aromatic heterocycles. The molecule has 1 aromatic carbocycles. The maximum atomic E-state index is 14.0. The molecular weight excluding hydrogens is 343 g/mol. The molecule has 2 heterocycles. The van der Waals surface area contributed by atoms with Gasteiger partial charge in [0.1, 0.15) is 5.82 Å². The second kappa shape index (κ2) is 7.70. The quantitative estimate of drug-likeness (QED) is 0.716. The van der Waals surface area contributed by atoms with Gasteiger partial charge < -0.3 is 10.2 Å². The molecule has 6 heteroatoms. The van der Waals surface area contributed by atoms with Crippen molar-refractivity contribution in [3.8, 4) is 0 Å². The fourth-order valence-electron chi connectivity index (χ4n) is 2.96. The molecule has 0 atom stereocenters. The van der Waals surface area contributed by atoms with E-state index in [1.165, 1.54) is 6.07 Å². The second-order valence-corrected chi connectivity index (χ2v) is 6.44. The van der Waals surface area contributed by atoms with Gasteiger partial charge in [0, 0.05) is 36.1 Å². The third kappa shape index (κ3) is 3.74. The Morgan fingerprint density at radius 3 is 2.56 bits per heavy atom. The maximum absolute atomic E-state index is 14.0. The van der Waals surface area contributed by atoms with Gasteiger partial charge in [-0.05, 0) is 57.5 Å². The van der Waals surface area contributed by atoms with Crippen molar-refractivity contribution in [2.45, 2.75) is 27.7 Å². The van der Waals surface area contributed by atoms with Crippen LogP contribution in [-0.4, -0.2) is 33.9 Å². The second-order valence-electron chi connectivity index (χ2n) is 6.44. The van der Waals surface area contributed by atoms with Crippen LogP contribution in [0, 0.1) is 19.7 Å². The highest BCUT2D eigenvalue weighted by molar-refractivity contribution is 6.07. The molecule has 0 bridgehead atoms. The van der Waals surface area contributed by atoms with Gasteiger partial charge in [-0.1, -0.05) is 6.07 Å². The van der Waals surface area contributed by atoms with E-state index < -0.39 is 0 Å². The molecule has 0 aliphatic carbocycles. The summed E-state index contributed by atoms with van der Waals surface area (Å²) in [6.07, 6.45) is 1.54. The summed E-state index contributed by atoms with van der Waals surface area (Å²) in [5.41, 5.74) is 3.55. The molecule has 3 aromatic rings. The van der Waals surface area contributed by atoms with Gasteiger partial charge in [0.15, 0.2) is 5.65 Å². The third-order valence-corrected chi connectivity index (χ3v) is 4.59. The Morgan fingerprint density at radius 2 is 1.89 bits per heavy atom. The van der Waals surface area contributed by atoms with E-state index in [0.29, 0.717) is 41.2 Å². The number of aromatic nitrogens is 2. The number of anilines is 2. The molecule has 0 fully saturated rings. The topological polar surface area (TPSA) is 58.1 Å². The number of pyridine rings is 2. The van der Waals surface area contributed by atoms with E-state index in [0.717, 1.165) is 11.1 Å². The lowest BCUT2D eigenvalue weighted by molar-refractivity contribution is 0.0774. The van der Waals surface area contributed by atoms with Crippen LogP contribution in [-0.2, 0) is 0 Å². The lowest BCUT2D eigenvalue weighted by Gasteiger charge is -2.21. The predicted octanol–water partition coefficient (Wildman–Crippen LogP) is 4.61. The van der Waals surface area contributed by atoms with Crippen LogP contribution >= 0.6 is 0 Å². The Hall–Kier alpha value is -3.02. The summed E-state index contributed by atoms with van der Waals surface area (Å²) >= 11 is 0. The number of carbonyl (C=O) groups excluding carboxylic acids is 1. The van der Waals surface area contributed by atoms with Crippen molar-refractivity contribution >= 4 is 28.3 Å². The van der Waals surface area contributed by atoms with Crippen molar-refractivity contribution in [3.63, 3.8) is 0 Å². The largest absolute Gasteiger partial charge is 0.354 e. The highest BCUT2D eigenvalue weighted by Crippen LogP contribution is 2.30. The summed E-state index contributed by atoms with van der Waals surface area (Å²) in [6.45, 7) is 8.66. The van der Waals surface area contributed by atoms with Gasteiger partial charge in [-0.3, -0.25) is 4.79 Å². The van der Waals surface area contributed by atoms with E-state index in [-0.39, 0.29) is 11.7 Å². The van der Waals surface area contributed by atoms with Crippen LogP contribution in [0.15, 0.2) is 36.5 Å². The summed E-state index contributed by atoms with van der Waals surface area (Å²) in [5, 5.41) is 3.94. The van der Waals surface area contributed by atoms with Crippen LogP contribution in [0.2, 0.25) is 0 Å². The molecule has 0 radical (unpaired) electrons. The number of halogens is 1. The van der Waals surface area contributed by atoms with Gasteiger partial charge in [-0.2, -0.15) is 0 Å². The number of hydrogen-bond acceptors (Lipinski definition) is 4. The smallest absolute Gasteiger partial charge is 0.257 e. The Balaban J connectivity index is 2.17. The van der Waals surface area contributed by atoms with Crippen molar-refractivity contribution in [3.05, 3.63) is 59.2 Å². The molecule has 27 heavy (non-hydrogen) atoms. The van der Waals surface area contributed by atoms with Gasteiger partial charge in [0.25, 0.3) is 5.91 Å². The van der Waals surface area contributed by atoms with Crippen LogP contribution in [0.25, 0.3) is 11.0 Å². The van der Waals surface area contributed by atoms with Gasteiger partial charge in [0.05, 0.1) is 11.3 Å². The molecule has 1 amide bonds. The molecule has 5 nitrogen and oxygen atoms in total. The molecular formula is C21H23FN4O. The zero-order valence-corrected chi connectivity index (χ0v) is 16.0. The number of benzene rings is 1. The zero-order chi connectivity index (χ0) is 19.6. The average molecular weight is 366 g/mol. The Morgan fingerprint density at radius 1 is 1.15 bits per heavy atom. The first-order chi connectivity index (χ1) is 12.9. The Bertz CT molecular complexity index is 999. The molecule has 0 aliphatic heterocycles. The number of aryl methyl sites for hydroxylation is 2. The molecule has 0 saturated carbocycles. The van der Waals surface area contributed by atoms with Crippen molar-refractivity contribution in [1.82, 2.24) is 14.9 Å². The number of carbonyl (C=O) groups is 1. The lowest BCUT2D eigenvalue weighted by atomic mass is 10.1. The van der Waals surface area contributed by atoms with Gasteiger partial charge in [0.2, 0.25) is 0 Å². The van der Waals surface area contributed by atoms with Crippen molar-refractivity contribution < 1.29 is 9.18 Å². The Kier molecular flexibility index (Phi) is 5.35. The molecule has 0 unspecified atom stereocenters. The fourth-order valence-corrected chi connectivity index (χ4v) is 2.96. The summed E-state index contributed by atoms with van der Waals surface area (Å²) in [4.78, 5) is 23.5. The first-order valence-electron chi connectivity index (χ1n) is 9.03. The van der Waals surface area contributed by atoms with E-state index in [2.05, 4.69) is 15.3 Å². The van der Waals surface area contributed by atoms with Gasteiger partial charge >= 0.3 is 0 Å². The van der Waals surface area contributed by atoms with E-state index in [9.17, 15) is 9.18 Å². The van der Waals surface area contributed by atoms with Crippen LogP contribution in [0.3, 0.4) is 0 Å². The number of nitrogens with one attached hydrogen (secondary N) is 1. The number of fused-ring (bicyclic) bond motifs is 1. The van der Waals surface area contributed by atoms with Crippen molar-refractivity contribution in [2.75, 3.05) is 18.4 Å². The predicted molar refractivity (Wildman–Crippen MR) is 106 cm³/mol.